The molecule has 0 aromatic heterocycles. The van der Waals surface area contributed by atoms with Crippen molar-refractivity contribution in [2.75, 3.05) is 13.1 Å². The Hall–Kier alpha value is -0.280. The minimum atomic E-state index is 0. The number of nitrogens with two attached hydrogens (primary N) is 1. The normalized spacial score (nSPS) is 20.8. The zero-order valence-corrected chi connectivity index (χ0v) is 11.3. The predicted molar refractivity (Wildman–Crippen MR) is 69.7 cm³/mol. The Morgan fingerprint density at radius 3 is 2.69 bits per heavy atom. The summed E-state index contributed by atoms with van der Waals surface area (Å²) in [7, 11) is 0. The molecule has 0 radical (unpaired) electrons. The SMILES string of the molecule is CC(C)CC1CCCCN1C(=O)CCN.Cl. The van der Waals surface area contributed by atoms with Crippen LogP contribution in [0.2, 0.25) is 0 Å². The van der Waals surface area contributed by atoms with Gasteiger partial charge in [0.05, 0.1) is 0 Å². The summed E-state index contributed by atoms with van der Waals surface area (Å²) in [6.07, 6.45) is 5.24. The number of carbonyl (C=O) groups excluding carboxylic acids is 1. The van der Waals surface area contributed by atoms with Gasteiger partial charge in [-0.25, -0.2) is 0 Å². The molecule has 0 bridgehead atoms. The summed E-state index contributed by atoms with van der Waals surface area (Å²) in [5.74, 6) is 0.920. The molecule has 0 aliphatic carbocycles. The van der Waals surface area contributed by atoms with E-state index in [-0.39, 0.29) is 18.3 Å². The minimum absolute atomic E-state index is 0. The maximum atomic E-state index is 11.8. The van der Waals surface area contributed by atoms with Crippen molar-refractivity contribution in [2.24, 2.45) is 11.7 Å². The number of halogens is 1. The van der Waals surface area contributed by atoms with Gasteiger partial charge in [0, 0.05) is 25.6 Å². The first-order valence-electron chi connectivity index (χ1n) is 6.14. The van der Waals surface area contributed by atoms with Gasteiger partial charge in [0.1, 0.15) is 0 Å². The Balaban J connectivity index is 0.00000225. The van der Waals surface area contributed by atoms with E-state index in [9.17, 15) is 4.79 Å². The molecule has 1 atom stereocenters. The van der Waals surface area contributed by atoms with Crippen molar-refractivity contribution in [3.05, 3.63) is 0 Å². The Morgan fingerprint density at radius 1 is 1.44 bits per heavy atom. The molecule has 1 aliphatic rings. The molecule has 1 amide bonds. The second-order valence-electron chi connectivity index (χ2n) is 4.90. The van der Waals surface area contributed by atoms with E-state index in [0.29, 0.717) is 24.9 Å². The van der Waals surface area contributed by atoms with Crippen molar-refractivity contribution in [3.63, 3.8) is 0 Å². The van der Waals surface area contributed by atoms with E-state index in [1.165, 1.54) is 12.8 Å². The summed E-state index contributed by atoms with van der Waals surface area (Å²) < 4.78 is 0. The van der Waals surface area contributed by atoms with Gasteiger partial charge in [0.25, 0.3) is 0 Å². The van der Waals surface area contributed by atoms with Gasteiger partial charge >= 0.3 is 0 Å². The minimum Gasteiger partial charge on any atom is -0.340 e. The molecule has 1 unspecified atom stereocenters. The zero-order valence-electron chi connectivity index (χ0n) is 10.4. The first-order chi connectivity index (χ1) is 7.15. The van der Waals surface area contributed by atoms with Crippen molar-refractivity contribution in [2.45, 2.75) is 52.0 Å². The van der Waals surface area contributed by atoms with Gasteiger partial charge in [-0.3, -0.25) is 4.79 Å². The lowest BCUT2D eigenvalue weighted by Gasteiger charge is -2.36. The third kappa shape index (κ3) is 4.71. The van der Waals surface area contributed by atoms with Gasteiger partial charge in [0.15, 0.2) is 0 Å². The van der Waals surface area contributed by atoms with Crippen molar-refractivity contribution >= 4 is 18.3 Å². The predicted octanol–water partition coefficient (Wildman–Crippen LogP) is 2.18. The van der Waals surface area contributed by atoms with Gasteiger partial charge in [-0.2, -0.15) is 0 Å². The van der Waals surface area contributed by atoms with Crippen LogP contribution in [0.1, 0.15) is 46.0 Å². The van der Waals surface area contributed by atoms with Crippen LogP contribution in [-0.2, 0) is 4.79 Å². The lowest BCUT2D eigenvalue weighted by Crippen LogP contribution is -2.44. The molecule has 1 rings (SSSR count). The molecule has 0 saturated carbocycles. The highest BCUT2D eigenvalue weighted by molar-refractivity contribution is 5.85. The zero-order chi connectivity index (χ0) is 11.3. The molecule has 1 fully saturated rings. The maximum absolute atomic E-state index is 11.8. The summed E-state index contributed by atoms with van der Waals surface area (Å²) in [4.78, 5) is 13.9. The van der Waals surface area contributed by atoms with Crippen LogP contribution in [0, 0.1) is 5.92 Å². The van der Waals surface area contributed by atoms with Gasteiger partial charge < -0.3 is 10.6 Å². The van der Waals surface area contributed by atoms with Gasteiger partial charge in [-0.05, 0) is 31.6 Å². The highest BCUT2D eigenvalue weighted by atomic mass is 35.5. The first-order valence-corrected chi connectivity index (χ1v) is 6.14. The number of hydrogen-bond acceptors (Lipinski definition) is 2. The molecule has 2 N–H and O–H groups in total. The molecule has 0 aromatic carbocycles. The Kier molecular flexibility index (Phi) is 7.77. The lowest BCUT2D eigenvalue weighted by atomic mass is 9.94. The summed E-state index contributed by atoms with van der Waals surface area (Å²) in [5.41, 5.74) is 5.44. The fourth-order valence-corrected chi connectivity index (χ4v) is 2.39. The Morgan fingerprint density at radius 2 is 2.12 bits per heavy atom. The number of nitrogens with zero attached hydrogens (tertiary/aromatic N) is 1. The van der Waals surface area contributed by atoms with Crippen LogP contribution in [-0.4, -0.2) is 29.9 Å². The number of likely N-dealkylation sites (tertiary alicyclic amines) is 1. The standard InChI is InChI=1S/C12H24N2O.ClH/c1-10(2)9-11-5-3-4-8-14(11)12(15)6-7-13;/h10-11H,3-9,13H2,1-2H3;1H. The second-order valence-corrected chi connectivity index (χ2v) is 4.90. The van der Waals surface area contributed by atoms with Crippen molar-refractivity contribution in [1.82, 2.24) is 4.90 Å². The third-order valence-corrected chi connectivity index (χ3v) is 3.05. The van der Waals surface area contributed by atoms with E-state index in [1.54, 1.807) is 0 Å². The number of piperidine rings is 1. The van der Waals surface area contributed by atoms with Crippen LogP contribution in [0.5, 0.6) is 0 Å². The van der Waals surface area contributed by atoms with Crippen LogP contribution in [0.15, 0.2) is 0 Å². The van der Waals surface area contributed by atoms with Crippen LogP contribution >= 0.6 is 12.4 Å². The first kappa shape index (κ1) is 15.7. The summed E-state index contributed by atoms with van der Waals surface area (Å²) in [6.45, 7) is 5.86. The fourth-order valence-electron chi connectivity index (χ4n) is 2.39. The molecular formula is C12H25ClN2O. The largest absolute Gasteiger partial charge is 0.340 e. The molecule has 1 saturated heterocycles. The van der Waals surface area contributed by atoms with Gasteiger partial charge in [-0.1, -0.05) is 13.8 Å². The van der Waals surface area contributed by atoms with Crippen molar-refractivity contribution in [3.8, 4) is 0 Å². The summed E-state index contributed by atoms with van der Waals surface area (Å²) >= 11 is 0. The van der Waals surface area contributed by atoms with Crippen LogP contribution in [0.4, 0.5) is 0 Å². The quantitative estimate of drug-likeness (QED) is 0.829. The molecule has 1 heterocycles. The number of rotatable bonds is 4. The van der Waals surface area contributed by atoms with Crippen molar-refractivity contribution < 1.29 is 4.79 Å². The number of amides is 1. The fraction of sp³-hybridized carbons (Fsp3) is 0.917. The molecule has 1 aliphatic heterocycles. The molecule has 96 valence electrons. The van der Waals surface area contributed by atoms with E-state index in [0.717, 1.165) is 19.4 Å². The summed E-state index contributed by atoms with van der Waals surface area (Å²) in [6, 6.07) is 0.470. The van der Waals surface area contributed by atoms with E-state index >= 15 is 0 Å². The van der Waals surface area contributed by atoms with E-state index in [2.05, 4.69) is 18.7 Å². The topological polar surface area (TPSA) is 46.3 Å². The van der Waals surface area contributed by atoms with E-state index in [1.807, 2.05) is 0 Å². The second kappa shape index (κ2) is 7.91. The summed E-state index contributed by atoms with van der Waals surface area (Å²) in [5, 5.41) is 0. The Bertz CT molecular complexity index is 209. The van der Waals surface area contributed by atoms with E-state index < -0.39 is 0 Å². The van der Waals surface area contributed by atoms with Crippen LogP contribution in [0.3, 0.4) is 0 Å². The van der Waals surface area contributed by atoms with Gasteiger partial charge in [-0.15, -0.1) is 12.4 Å². The Labute approximate surface area is 105 Å². The maximum Gasteiger partial charge on any atom is 0.224 e. The average Bonchev–Trinajstić information content (AvgIpc) is 2.18. The molecule has 3 nitrogen and oxygen atoms in total. The molecule has 16 heavy (non-hydrogen) atoms. The third-order valence-electron chi connectivity index (χ3n) is 3.05. The lowest BCUT2D eigenvalue weighted by molar-refractivity contribution is -0.135. The number of carbonyl (C=O) groups is 1. The smallest absolute Gasteiger partial charge is 0.224 e. The molecular weight excluding hydrogens is 224 g/mol. The van der Waals surface area contributed by atoms with Crippen LogP contribution in [0.25, 0.3) is 0 Å². The highest BCUT2D eigenvalue weighted by Crippen LogP contribution is 2.23. The monoisotopic (exact) mass is 248 g/mol. The number of hydrogen-bond donors (Lipinski definition) is 1. The van der Waals surface area contributed by atoms with Gasteiger partial charge in [0.2, 0.25) is 5.91 Å². The molecule has 0 aromatic rings. The van der Waals surface area contributed by atoms with E-state index in [4.69, 9.17) is 5.73 Å². The molecule has 4 heteroatoms. The van der Waals surface area contributed by atoms with Crippen molar-refractivity contribution in [1.29, 1.82) is 0 Å². The molecule has 0 spiro atoms. The highest BCUT2D eigenvalue weighted by Gasteiger charge is 2.26. The van der Waals surface area contributed by atoms with Crippen LogP contribution < -0.4 is 5.73 Å². The average molecular weight is 249 g/mol.